The van der Waals surface area contributed by atoms with Gasteiger partial charge in [0.2, 0.25) is 11.5 Å². The molecule has 16 heteroatoms. The van der Waals surface area contributed by atoms with Crippen molar-refractivity contribution in [3.63, 3.8) is 0 Å². The van der Waals surface area contributed by atoms with Crippen molar-refractivity contribution in [1.29, 1.82) is 0 Å². The minimum atomic E-state index is -1.26. The van der Waals surface area contributed by atoms with Crippen molar-refractivity contribution in [2.45, 2.75) is 10.2 Å². The van der Waals surface area contributed by atoms with Crippen LogP contribution in [0.2, 0.25) is 0 Å². The Morgan fingerprint density at radius 3 is 0.933 bits per heavy atom. The maximum Gasteiger partial charge on any atom is 0.288 e. The van der Waals surface area contributed by atoms with Gasteiger partial charge in [-0.3, -0.25) is 28.8 Å². The molecule has 0 saturated heterocycles. The first-order valence-electron chi connectivity index (χ1n) is 6.75. The second-order valence-electron chi connectivity index (χ2n) is 4.75. The molecule has 0 aromatic carbocycles. The molecule has 0 amide bonds. The quantitative estimate of drug-likeness (QED) is 0.262. The van der Waals surface area contributed by atoms with Crippen molar-refractivity contribution >= 4 is 123 Å². The summed E-state index contributed by atoms with van der Waals surface area (Å²) in [5.41, 5.74) is -2.54. The lowest BCUT2D eigenvalue weighted by molar-refractivity contribution is 0.102. The molecule has 0 aliphatic carbocycles. The lowest BCUT2D eigenvalue weighted by Crippen LogP contribution is -2.03. The molecule has 0 fully saturated rings. The number of carbonyl (C=O) groups is 6. The van der Waals surface area contributed by atoms with Crippen LogP contribution in [0.3, 0.4) is 0 Å². The monoisotopic (exact) mass is 570 g/mol. The van der Waals surface area contributed by atoms with Crippen LogP contribution in [0.4, 0.5) is 0 Å². The molecule has 0 saturated carbocycles. The molecule has 0 aliphatic rings. The molecule has 0 radical (unpaired) electrons. The summed E-state index contributed by atoms with van der Waals surface area (Å²) in [6.07, 6.45) is 0. The summed E-state index contributed by atoms with van der Waals surface area (Å²) in [4.78, 5) is 69.7. The second kappa shape index (κ2) is 10.1. The highest BCUT2D eigenvalue weighted by Gasteiger charge is 2.35. The number of furan rings is 2. The SMILES string of the molecule is O=C(Cl)c1oc(SSc2oc(C(=O)Cl)c(C(=O)Cl)c2C(=O)Cl)c(C(=O)Cl)c1C(=O)Cl. The second-order valence-corrected chi connectivity index (χ2v) is 8.88. The Kier molecular flexibility index (Phi) is 8.51. The Morgan fingerprint density at radius 2 is 0.733 bits per heavy atom. The van der Waals surface area contributed by atoms with Gasteiger partial charge in [-0.15, -0.1) is 0 Å². The van der Waals surface area contributed by atoms with E-state index in [-0.39, 0.29) is 0 Å². The van der Waals surface area contributed by atoms with E-state index in [1.54, 1.807) is 0 Å². The van der Waals surface area contributed by atoms with Crippen LogP contribution in [0.15, 0.2) is 19.0 Å². The topological polar surface area (TPSA) is 129 Å². The van der Waals surface area contributed by atoms with Crippen molar-refractivity contribution in [2.75, 3.05) is 0 Å². The van der Waals surface area contributed by atoms with E-state index in [4.69, 9.17) is 78.4 Å². The average Bonchev–Trinajstić information content (AvgIpc) is 3.19. The number of halogens is 6. The minimum Gasteiger partial charge on any atom is -0.443 e. The number of carbonyl (C=O) groups excluding carboxylic acids is 6. The Balaban J connectivity index is 2.60. The molecule has 2 heterocycles. The first-order valence-corrected chi connectivity index (χ1v) is 11.2. The van der Waals surface area contributed by atoms with Crippen molar-refractivity contribution in [1.82, 2.24) is 0 Å². The van der Waals surface area contributed by atoms with Crippen LogP contribution < -0.4 is 0 Å². The lowest BCUT2D eigenvalue weighted by Gasteiger charge is -1.99. The molecule has 0 N–H and O–H groups in total. The fourth-order valence-electron chi connectivity index (χ4n) is 2.02. The standard InChI is InChI=1S/C14Cl6O8S2/c15-7(21)1-3(9(17)23)13(27-5(1)11(19)25)29-30-14-4(10(18)24)2(8(16)22)6(28-14)12(20)26. The Hall–Kier alpha value is -0.980. The van der Waals surface area contributed by atoms with Gasteiger partial charge in [0.25, 0.3) is 31.5 Å². The third-order valence-electron chi connectivity index (χ3n) is 3.09. The van der Waals surface area contributed by atoms with E-state index in [9.17, 15) is 28.8 Å². The molecule has 158 valence electrons. The Bertz CT molecular complexity index is 1050. The summed E-state index contributed by atoms with van der Waals surface area (Å²) in [6.45, 7) is 0. The summed E-state index contributed by atoms with van der Waals surface area (Å²) >= 11 is 32.3. The average molecular weight is 573 g/mol. The van der Waals surface area contributed by atoms with Gasteiger partial charge in [-0.25, -0.2) is 0 Å². The van der Waals surface area contributed by atoms with Gasteiger partial charge in [-0.2, -0.15) is 0 Å². The molecule has 0 aliphatic heterocycles. The van der Waals surface area contributed by atoms with Crippen molar-refractivity contribution in [3.05, 3.63) is 33.8 Å². The molecule has 0 spiro atoms. The lowest BCUT2D eigenvalue weighted by atomic mass is 10.2. The molecular weight excluding hydrogens is 573 g/mol. The van der Waals surface area contributed by atoms with Crippen LogP contribution >= 0.6 is 91.2 Å². The summed E-state index contributed by atoms with van der Waals surface area (Å²) < 4.78 is 10.2. The first kappa shape index (κ1) is 25.3. The fraction of sp³-hybridized carbons (Fsp3) is 0. The summed E-state index contributed by atoms with van der Waals surface area (Å²) in [5.74, 6) is -1.52. The number of hydrogen-bond donors (Lipinski definition) is 0. The van der Waals surface area contributed by atoms with E-state index in [0.717, 1.165) is 0 Å². The van der Waals surface area contributed by atoms with E-state index in [0.29, 0.717) is 21.6 Å². The van der Waals surface area contributed by atoms with E-state index in [1.165, 1.54) is 0 Å². The smallest absolute Gasteiger partial charge is 0.288 e. The predicted molar refractivity (Wildman–Crippen MR) is 110 cm³/mol. The van der Waals surface area contributed by atoms with Crippen LogP contribution in [0.25, 0.3) is 0 Å². The summed E-state index contributed by atoms with van der Waals surface area (Å²) in [6, 6.07) is 0. The Morgan fingerprint density at radius 1 is 0.467 bits per heavy atom. The van der Waals surface area contributed by atoms with Crippen LogP contribution in [-0.2, 0) is 0 Å². The number of hydrogen-bond acceptors (Lipinski definition) is 10. The van der Waals surface area contributed by atoms with E-state index in [1.807, 2.05) is 0 Å². The maximum atomic E-state index is 11.7. The highest BCUT2D eigenvalue weighted by atomic mass is 35.5. The van der Waals surface area contributed by atoms with Crippen molar-refractivity contribution in [2.24, 2.45) is 0 Å². The molecular formula is C14Cl6O8S2. The largest absolute Gasteiger partial charge is 0.443 e. The predicted octanol–water partition coefficient (Wildman–Crippen LogP) is 5.95. The highest BCUT2D eigenvalue weighted by molar-refractivity contribution is 8.76. The van der Waals surface area contributed by atoms with Gasteiger partial charge in [-0.1, -0.05) is 0 Å². The highest BCUT2D eigenvalue weighted by Crippen LogP contribution is 2.46. The molecule has 0 bridgehead atoms. The molecule has 0 atom stereocenters. The van der Waals surface area contributed by atoms with Gasteiger partial charge in [0.1, 0.15) is 11.1 Å². The number of rotatable bonds is 9. The van der Waals surface area contributed by atoms with Crippen LogP contribution in [-0.4, -0.2) is 31.5 Å². The van der Waals surface area contributed by atoms with E-state index < -0.39 is 75.4 Å². The molecule has 2 aromatic rings. The first-order chi connectivity index (χ1) is 13.9. The van der Waals surface area contributed by atoms with Gasteiger partial charge in [0.15, 0.2) is 10.2 Å². The fourth-order valence-corrected chi connectivity index (χ4v) is 5.22. The summed E-state index contributed by atoms with van der Waals surface area (Å²) in [5, 5.41) is -8.35. The van der Waals surface area contributed by atoms with Crippen LogP contribution in [0.1, 0.15) is 62.5 Å². The maximum absolute atomic E-state index is 11.7. The van der Waals surface area contributed by atoms with E-state index in [2.05, 4.69) is 0 Å². The van der Waals surface area contributed by atoms with Crippen LogP contribution in [0.5, 0.6) is 0 Å². The third kappa shape index (κ3) is 5.08. The zero-order chi connectivity index (χ0) is 22.9. The Labute approximate surface area is 203 Å². The third-order valence-corrected chi connectivity index (χ3v) is 6.31. The van der Waals surface area contributed by atoms with Gasteiger partial charge >= 0.3 is 0 Å². The van der Waals surface area contributed by atoms with Crippen molar-refractivity contribution in [3.8, 4) is 0 Å². The van der Waals surface area contributed by atoms with Gasteiger partial charge in [0.05, 0.1) is 11.1 Å². The zero-order valence-corrected chi connectivity index (χ0v) is 19.5. The van der Waals surface area contributed by atoms with Gasteiger partial charge < -0.3 is 8.83 Å². The normalized spacial score (nSPS) is 10.7. The molecule has 8 nitrogen and oxygen atoms in total. The van der Waals surface area contributed by atoms with Gasteiger partial charge in [0, 0.05) is 0 Å². The van der Waals surface area contributed by atoms with E-state index >= 15 is 0 Å². The molecule has 2 aromatic heterocycles. The van der Waals surface area contributed by atoms with Crippen molar-refractivity contribution < 1.29 is 37.6 Å². The van der Waals surface area contributed by atoms with Crippen LogP contribution in [0, 0.1) is 0 Å². The zero-order valence-electron chi connectivity index (χ0n) is 13.4. The molecule has 30 heavy (non-hydrogen) atoms. The summed E-state index contributed by atoms with van der Waals surface area (Å²) in [7, 11) is 0.970. The molecule has 0 unspecified atom stereocenters. The minimum absolute atomic E-state index is 0.435. The van der Waals surface area contributed by atoms with Gasteiger partial charge in [-0.05, 0) is 91.2 Å². The molecule has 2 rings (SSSR count).